The normalized spacial score (nSPS) is 12.4. The lowest BCUT2D eigenvalue weighted by Crippen LogP contribution is -2.06. The third kappa shape index (κ3) is 2.60. The number of pyridine rings is 2. The van der Waals surface area contributed by atoms with Gasteiger partial charge in [-0.2, -0.15) is 0 Å². The third-order valence-corrected chi connectivity index (χ3v) is 2.76. The zero-order chi connectivity index (χ0) is 12.3. The van der Waals surface area contributed by atoms with E-state index >= 15 is 0 Å². The lowest BCUT2D eigenvalue weighted by Gasteiger charge is -2.14. The van der Waals surface area contributed by atoms with E-state index in [2.05, 4.69) is 9.97 Å². The van der Waals surface area contributed by atoms with Crippen molar-refractivity contribution in [3.63, 3.8) is 0 Å². The summed E-state index contributed by atoms with van der Waals surface area (Å²) in [5, 5.41) is 10.2. The molecule has 1 atom stereocenters. The van der Waals surface area contributed by atoms with Gasteiger partial charge in [-0.15, -0.1) is 0 Å². The van der Waals surface area contributed by atoms with Crippen molar-refractivity contribution >= 4 is 5.82 Å². The molecule has 4 nitrogen and oxygen atoms in total. The van der Waals surface area contributed by atoms with Gasteiger partial charge in [-0.3, -0.25) is 4.98 Å². The largest absolute Gasteiger partial charge is 0.388 e. The van der Waals surface area contributed by atoms with Crippen LogP contribution in [0.3, 0.4) is 0 Å². The maximum atomic E-state index is 10.2. The average molecular weight is 229 g/mol. The lowest BCUT2D eigenvalue weighted by molar-refractivity contribution is 0.177. The number of nitrogens with two attached hydrogens (primary N) is 1. The molecule has 0 saturated carbocycles. The molecule has 2 heterocycles. The van der Waals surface area contributed by atoms with E-state index < -0.39 is 6.10 Å². The fraction of sp³-hybridized carbons (Fsp3) is 0.231. The Morgan fingerprint density at radius 2 is 2.18 bits per heavy atom. The molecule has 4 heteroatoms. The summed E-state index contributed by atoms with van der Waals surface area (Å²) in [6.45, 7) is 1.93. The number of hydrogen-bond acceptors (Lipinski definition) is 4. The molecule has 0 aliphatic heterocycles. The highest BCUT2D eigenvalue weighted by Crippen LogP contribution is 2.22. The molecule has 0 bridgehead atoms. The van der Waals surface area contributed by atoms with Crippen LogP contribution in [0.5, 0.6) is 0 Å². The van der Waals surface area contributed by atoms with Crippen LogP contribution in [0, 0.1) is 6.92 Å². The van der Waals surface area contributed by atoms with Crippen LogP contribution in [0.4, 0.5) is 5.82 Å². The van der Waals surface area contributed by atoms with Crippen LogP contribution in [0.15, 0.2) is 36.8 Å². The fourth-order valence-corrected chi connectivity index (χ4v) is 1.80. The highest BCUT2D eigenvalue weighted by molar-refractivity contribution is 5.39. The van der Waals surface area contributed by atoms with Crippen LogP contribution in [0.25, 0.3) is 0 Å². The number of hydrogen-bond donors (Lipinski definition) is 2. The van der Waals surface area contributed by atoms with Crippen LogP contribution in [0.1, 0.15) is 22.8 Å². The summed E-state index contributed by atoms with van der Waals surface area (Å²) in [7, 11) is 0. The van der Waals surface area contributed by atoms with Gasteiger partial charge in [0, 0.05) is 25.0 Å². The highest BCUT2D eigenvalue weighted by Gasteiger charge is 2.12. The molecule has 0 aliphatic rings. The minimum atomic E-state index is -0.579. The molecule has 2 rings (SSSR count). The van der Waals surface area contributed by atoms with Gasteiger partial charge in [0.2, 0.25) is 0 Å². The minimum absolute atomic E-state index is 0.463. The Labute approximate surface area is 100 Å². The maximum absolute atomic E-state index is 10.2. The number of rotatable bonds is 3. The van der Waals surface area contributed by atoms with Gasteiger partial charge in [-0.25, -0.2) is 4.98 Å². The van der Waals surface area contributed by atoms with Crippen molar-refractivity contribution in [3.8, 4) is 0 Å². The molecule has 0 aromatic carbocycles. The van der Waals surface area contributed by atoms with E-state index in [9.17, 15) is 5.11 Å². The molecular formula is C13H15N3O. The van der Waals surface area contributed by atoms with E-state index in [4.69, 9.17) is 5.73 Å². The summed E-state index contributed by atoms with van der Waals surface area (Å²) in [5.41, 5.74) is 8.46. The third-order valence-electron chi connectivity index (χ3n) is 2.76. The van der Waals surface area contributed by atoms with Gasteiger partial charge in [0.05, 0.1) is 6.10 Å². The smallest absolute Gasteiger partial charge is 0.126 e. The van der Waals surface area contributed by atoms with Crippen molar-refractivity contribution in [1.29, 1.82) is 0 Å². The first-order chi connectivity index (χ1) is 8.18. The zero-order valence-electron chi connectivity index (χ0n) is 9.67. The Hall–Kier alpha value is -1.94. The van der Waals surface area contributed by atoms with Crippen molar-refractivity contribution in [2.24, 2.45) is 0 Å². The summed E-state index contributed by atoms with van der Waals surface area (Å²) in [5.74, 6) is 0.471. The van der Waals surface area contributed by atoms with E-state index in [1.807, 2.05) is 25.1 Å². The molecule has 3 N–H and O–H groups in total. The number of anilines is 1. The minimum Gasteiger partial charge on any atom is -0.388 e. The molecule has 0 aliphatic carbocycles. The van der Waals surface area contributed by atoms with Gasteiger partial charge in [0.25, 0.3) is 0 Å². The second-order valence-electron chi connectivity index (χ2n) is 4.00. The van der Waals surface area contributed by atoms with Crippen LogP contribution < -0.4 is 5.73 Å². The predicted octanol–water partition coefficient (Wildman–Crippen LogP) is 1.64. The molecule has 0 fully saturated rings. The molecule has 0 radical (unpaired) electrons. The van der Waals surface area contributed by atoms with Crippen molar-refractivity contribution in [2.75, 3.05) is 5.73 Å². The quantitative estimate of drug-likeness (QED) is 0.839. The van der Waals surface area contributed by atoms with Crippen LogP contribution in [0.2, 0.25) is 0 Å². The number of nitrogen functional groups attached to an aromatic ring is 1. The second kappa shape index (κ2) is 4.93. The van der Waals surface area contributed by atoms with E-state index in [1.165, 1.54) is 0 Å². The number of aliphatic hydroxyl groups excluding tert-OH is 1. The average Bonchev–Trinajstić information content (AvgIpc) is 2.32. The van der Waals surface area contributed by atoms with Crippen LogP contribution >= 0.6 is 0 Å². The summed E-state index contributed by atoms with van der Waals surface area (Å²) in [6.07, 6.45) is 4.95. The first-order valence-corrected chi connectivity index (χ1v) is 5.46. The summed E-state index contributed by atoms with van der Waals surface area (Å²) >= 11 is 0. The zero-order valence-corrected chi connectivity index (χ0v) is 9.67. The van der Waals surface area contributed by atoms with Gasteiger partial charge in [0.15, 0.2) is 0 Å². The molecule has 88 valence electrons. The lowest BCUT2D eigenvalue weighted by atomic mass is 10.00. The van der Waals surface area contributed by atoms with E-state index in [0.717, 1.165) is 16.7 Å². The van der Waals surface area contributed by atoms with Crippen molar-refractivity contribution in [1.82, 2.24) is 9.97 Å². The molecular weight excluding hydrogens is 214 g/mol. The van der Waals surface area contributed by atoms with Gasteiger partial charge < -0.3 is 10.8 Å². The topological polar surface area (TPSA) is 72.0 Å². The van der Waals surface area contributed by atoms with Crippen molar-refractivity contribution in [3.05, 3.63) is 53.5 Å². The Balaban J connectivity index is 2.20. The van der Waals surface area contributed by atoms with E-state index in [1.54, 1.807) is 18.6 Å². The monoisotopic (exact) mass is 229 g/mol. The van der Waals surface area contributed by atoms with Crippen molar-refractivity contribution in [2.45, 2.75) is 19.4 Å². The fourth-order valence-electron chi connectivity index (χ4n) is 1.80. The Kier molecular flexibility index (Phi) is 3.35. The highest BCUT2D eigenvalue weighted by atomic mass is 16.3. The van der Waals surface area contributed by atoms with Crippen LogP contribution in [-0.2, 0) is 6.42 Å². The first kappa shape index (κ1) is 11.5. The number of nitrogens with zero attached hydrogens (tertiary/aromatic N) is 2. The molecule has 2 aromatic rings. The standard InChI is InChI=1S/C13H15N3O/c1-9-8-15-6-4-11(9)12(17)7-10-3-2-5-16-13(10)14/h2-6,8,12,17H,7H2,1H3,(H2,14,16). The Morgan fingerprint density at radius 3 is 2.88 bits per heavy atom. The van der Waals surface area contributed by atoms with Gasteiger partial charge >= 0.3 is 0 Å². The first-order valence-electron chi connectivity index (χ1n) is 5.46. The Morgan fingerprint density at radius 1 is 1.35 bits per heavy atom. The molecule has 2 aromatic heterocycles. The van der Waals surface area contributed by atoms with Crippen molar-refractivity contribution < 1.29 is 5.11 Å². The van der Waals surface area contributed by atoms with E-state index in [-0.39, 0.29) is 0 Å². The van der Waals surface area contributed by atoms with E-state index in [0.29, 0.717) is 12.2 Å². The number of aryl methyl sites for hydroxylation is 1. The van der Waals surface area contributed by atoms with Gasteiger partial charge in [-0.1, -0.05) is 6.07 Å². The molecule has 0 amide bonds. The van der Waals surface area contributed by atoms with Gasteiger partial charge in [0.1, 0.15) is 5.82 Å². The number of aliphatic hydroxyl groups is 1. The maximum Gasteiger partial charge on any atom is 0.126 e. The summed E-state index contributed by atoms with van der Waals surface area (Å²) in [6, 6.07) is 5.52. The summed E-state index contributed by atoms with van der Waals surface area (Å²) < 4.78 is 0. The second-order valence-corrected chi connectivity index (χ2v) is 4.00. The summed E-state index contributed by atoms with van der Waals surface area (Å²) in [4.78, 5) is 8.01. The molecule has 17 heavy (non-hydrogen) atoms. The Bertz CT molecular complexity index is 514. The predicted molar refractivity (Wildman–Crippen MR) is 66.3 cm³/mol. The number of aromatic nitrogens is 2. The molecule has 1 unspecified atom stereocenters. The van der Waals surface area contributed by atoms with Crippen LogP contribution in [-0.4, -0.2) is 15.1 Å². The van der Waals surface area contributed by atoms with Gasteiger partial charge in [-0.05, 0) is 35.7 Å². The molecule has 0 spiro atoms. The SMILES string of the molecule is Cc1cnccc1C(O)Cc1cccnc1N. The molecule has 0 saturated heterocycles.